The van der Waals surface area contributed by atoms with E-state index in [1.54, 1.807) is 0 Å². The number of nitrogens with two attached hydrogens (primary N) is 1. The molecular weight excluding hydrogens is 250 g/mol. The van der Waals surface area contributed by atoms with E-state index >= 15 is 0 Å². The van der Waals surface area contributed by atoms with Gasteiger partial charge in [0.05, 0.1) is 0 Å². The van der Waals surface area contributed by atoms with Crippen molar-refractivity contribution in [2.24, 2.45) is 0 Å². The third-order valence-corrected chi connectivity index (χ3v) is 4.03. The highest BCUT2D eigenvalue weighted by Gasteiger charge is 2.22. The minimum atomic E-state index is 0.135. The van der Waals surface area contributed by atoms with Crippen molar-refractivity contribution in [3.63, 3.8) is 0 Å². The number of carbonyl (C=O) groups is 1. The summed E-state index contributed by atoms with van der Waals surface area (Å²) in [5.41, 5.74) is 7.61. The van der Waals surface area contributed by atoms with E-state index in [9.17, 15) is 4.79 Å². The lowest BCUT2D eigenvalue weighted by Gasteiger charge is -2.22. The minimum Gasteiger partial charge on any atom is -0.399 e. The molecule has 1 aromatic rings. The maximum Gasteiger partial charge on any atom is 0.220 e. The molecule has 20 heavy (non-hydrogen) atoms. The van der Waals surface area contributed by atoms with Crippen LogP contribution < -0.4 is 11.1 Å². The molecule has 1 fully saturated rings. The first kappa shape index (κ1) is 14.9. The Balaban J connectivity index is 1.70. The zero-order valence-electron chi connectivity index (χ0n) is 12.3. The second-order valence-corrected chi connectivity index (χ2v) is 5.47. The zero-order chi connectivity index (χ0) is 14.4. The molecule has 1 amide bonds. The van der Waals surface area contributed by atoms with E-state index < -0.39 is 0 Å². The number of nitrogens with zero attached hydrogens (tertiary/aromatic N) is 1. The van der Waals surface area contributed by atoms with Crippen molar-refractivity contribution in [1.29, 1.82) is 0 Å². The summed E-state index contributed by atoms with van der Waals surface area (Å²) in [6.07, 6.45) is 3.72. The summed E-state index contributed by atoms with van der Waals surface area (Å²) >= 11 is 0. The highest BCUT2D eigenvalue weighted by atomic mass is 16.1. The first-order valence-corrected chi connectivity index (χ1v) is 7.54. The van der Waals surface area contributed by atoms with Crippen LogP contribution in [-0.4, -0.2) is 36.5 Å². The van der Waals surface area contributed by atoms with E-state index in [1.165, 1.54) is 19.4 Å². The molecule has 4 heteroatoms. The molecule has 0 aliphatic carbocycles. The highest BCUT2D eigenvalue weighted by molar-refractivity contribution is 5.76. The summed E-state index contributed by atoms with van der Waals surface area (Å²) in [7, 11) is 0. The van der Waals surface area contributed by atoms with Crippen LogP contribution in [-0.2, 0) is 11.2 Å². The van der Waals surface area contributed by atoms with Crippen molar-refractivity contribution in [2.45, 2.75) is 38.6 Å². The molecule has 2 rings (SSSR count). The first-order chi connectivity index (χ1) is 9.69. The van der Waals surface area contributed by atoms with Gasteiger partial charge in [0.15, 0.2) is 0 Å². The number of benzene rings is 1. The van der Waals surface area contributed by atoms with E-state index in [-0.39, 0.29) is 5.91 Å². The summed E-state index contributed by atoms with van der Waals surface area (Å²) in [6.45, 7) is 5.20. The van der Waals surface area contributed by atoms with Gasteiger partial charge < -0.3 is 11.1 Å². The number of carbonyl (C=O) groups excluding carboxylic acids is 1. The fourth-order valence-electron chi connectivity index (χ4n) is 2.87. The third-order valence-electron chi connectivity index (χ3n) is 4.03. The molecule has 1 atom stereocenters. The lowest BCUT2D eigenvalue weighted by molar-refractivity contribution is -0.121. The normalized spacial score (nSPS) is 19.1. The van der Waals surface area contributed by atoms with Gasteiger partial charge in [-0.2, -0.15) is 0 Å². The molecule has 0 radical (unpaired) electrons. The van der Waals surface area contributed by atoms with Gasteiger partial charge in [-0.15, -0.1) is 0 Å². The number of nitrogens with one attached hydrogen (secondary N) is 1. The van der Waals surface area contributed by atoms with Crippen molar-refractivity contribution in [3.8, 4) is 0 Å². The summed E-state index contributed by atoms with van der Waals surface area (Å²) in [5, 5.41) is 3.06. The Morgan fingerprint density at radius 2 is 2.35 bits per heavy atom. The van der Waals surface area contributed by atoms with Gasteiger partial charge in [0.25, 0.3) is 0 Å². The molecular formula is C16H25N3O. The molecule has 1 aliphatic heterocycles. The number of likely N-dealkylation sites (tertiary alicyclic amines) is 1. The quantitative estimate of drug-likeness (QED) is 0.778. The SMILES string of the molecule is CCN1CCCC1CNC(=O)CCc1cccc(N)c1. The van der Waals surface area contributed by atoms with Crippen molar-refractivity contribution in [2.75, 3.05) is 25.4 Å². The smallest absolute Gasteiger partial charge is 0.220 e. The van der Waals surface area contributed by atoms with E-state index in [1.807, 2.05) is 24.3 Å². The topological polar surface area (TPSA) is 58.4 Å². The predicted molar refractivity (Wildman–Crippen MR) is 82.5 cm³/mol. The van der Waals surface area contributed by atoms with E-state index in [2.05, 4.69) is 17.1 Å². The zero-order valence-corrected chi connectivity index (χ0v) is 12.3. The van der Waals surface area contributed by atoms with Crippen molar-refractivity contribution >= 4 is 11.6 Å². The van der Waals surface area contributed by atoms with Crippen LogP contribution in [0.3, 0.4) is 0 Å². The van der Waals surface area contributed by atoms with Crippen LogP contribution in [0.4, 0.5) is 5.69 Å². The van der Waals surface area contributed by atoms with Crippen molar-refractivity contribution < 1.29 is 4.79 Å². The van der Waals surface area contributed by atoms with Gasteiger partial charge in [-0.25, -0.2) is 0 Å². The Morgan fingerprint density at radius 1 is 1.50 bits per heavy atom. The number of hydrogen-bond acceptors (Lipinski definition) is 3. The van der Waals surface area contributed by atoms with Gasteiger partial charge in [0.2, 0.25) is 5.91 Å². The molecule has 3 N–H and O–H groups in total. The van der Waals surface area contributed by atoms with Crippen LogP contribution >= 0.6 is 0 Å². The standard InChI is InChI=1S/C16H25N3O/c1-2-19-10-4-7-15(19)12-18-16(20)9-8-13-5-3-6-14(17)11-13/h3,5-6,11,15H,2,4,7-10,12,17H2,1H3,(H,18,20). The molecule has 0 aromatic heterocycles. The van der Waals surface area contributed by atoms with E-state index in [4.69, 9.17) is 5.73 Å². The fraction of sp³-hybridized carbons (Fsp3) is 0.562. The molecule has 0 spiro atoms. The second-order valence-electron chi connectivity index (χ2n) is 5.47. The number of nitrogen functional groups attached to an aromatic ring is 1. The first-order valence-electron chi connectivity index (χ1n) is 7.54. The monoisotopic (exact) mass is 275 g/mol. The molecule has 1 saturated heterocycles. The Morgan fingerprint density at radius 3 is 3.10 bits per heavy atom. The molecule has 1 unspecified atom stereocenters. The van der Waals surface area contributed by atoms with E-state index in [0.29, 0.717) is 12.5 Å². The maximum atomic E-state index is 11.9. The van der Waals surface area contributed by atoms with Crippen LogP contribution in [0, 0.1) is 0 Å². The number of rotatable bonds is 6. The molecule has 1 aromatic carbocycles. The maximum absolute atomic E-state index is 11.9. The number of anilines is 1. The number of likely N-dealkylation sites (N-methyl/N-ethyl adjacent to an activating group) is 1. The average Bonchev–Trinajstić information content (AvgIpc) is 2.90. The molecule has 4 nitrogen and oxygen atoms in total. The van der Waals surface area contributed by atoms with Gasteiger partial charge in [-0.3, -0.25) is 9.69 Å². The number of amides is 1. The average molecular weight is 275 g/mol. The van der Waals surface area contributed by atoms with Gasteiger partial charge in [0.1, 0.15) is 0 Å². The lowest BCUT2D eigenvalue weighted by atomic mass is 10.1. The third kappa shape index (κ3) is 4.23. The van der Waals surface area contributed by atoms with E-state index in [0.717, 1.165) is 30.8 Å². The summed E-state index contributed by atoms with van der Waals surface area (Å²) in [6, 6.07) is 8.27. The second kappa shape index (κ2) is 7.29. The van der Waals surface area contributed by atoms with Crippen LogP contribution in [0.15, 0.2) is 24.3 Å². The summed E-state index contributed by atoms with van der Waals surface area (Å²) in [5.74, 6) is 0.135. The highest BCUT2D eigenvalue weighted by Crippen LogP contribution is 2.15. The van der Waals surface area contributed by atoms with Crippen LogP contribution in [0.1, 0.15) is 31.7 Å². The Kier molecular flexibility index (Phi) is 5.41. The van der Waals surface area contributed by atoms with Crippen LogP contribution in [0.5, 0.6) is 0 Å². The molecule has 1 heterocycles. The van der Waals surface area contributed by atoms with Gasteiger partial charge >= 0.3 is 0 Å². The Hall–Kier alpha value is -1.55. The summed E-state index contributed by atoms with van der Waals surface area (Å²) in [4.78, 5) is 14.3. The van der Waals surface area contributed by atoms with Gasteiger partial charge in [-0.05, 0) is 50.0 Å². The lowest BCUT2D eigenvalue weighted by Crippen LogP contribution is -2.40. The predicted octanol–water partition coefficient (Wildman–Crippen LogP) is 1.80. The summed E-state index contributed by atoms with van der Waals surface area (Å²) < 4.78 is 0. The largest absolute Gasteiger partial charge is 0.399 e. The fourth-order valence-corrected chi connectivity index (χ4v) is 2.87. The van der Waals surface area contributed by atoms with Crippen molar-refractivity contribution in [3.05, 3.63) is 29.8 Å². The van der Waals surface area contributed by atoms with Crippen molar-refractivity contribution in [1.82, 2.24) is 10.2 Å². The minimum absolute atomic E-state index is 0.135. The molecule has 0 bridgehead atoms. The molecule has 0 saturated carbocycles. The van der Waals surface area contributed by atoms with Gasteiger partial charge in [-0.1, -0.05) is 19.1 Å². The molecule has 1 aliphatic rings. The number of hydrogen-bond donors (Lipinski definition) is 2. The van der Waals surface area contributed by atoms with Crippen LogP contribution in [0.2, 0.25) is 0 Å². The Labute approximate surface area is 121 Å². The number of aryl methyl sites for hydroxylation is 1. The van der Waals surface area contributed by atoms with Crippen LogP contribution in [0.25, 0.3) is 0 Å². The Bertz CT molecular complexity index is 447. The van der Waals surface area contributed by atoms with Gasteiger partial charge in [0, 0.05) is 24.7 Å². The molecule has 110 valence electrons.